The topological polar surface area (TPSA) is 115 Å². The van der Waals surface area contributed by atoms with E-state index in [0.29, 0.717) is 48.6 Å². The molecule has 0 spiro atoms. The van der Waals surface area contributed by atoms with E-state index < -0.39 is 6.10 Å². The average molecular weight is 639 g/mol. The number of amides is 2. The van der Waals surface area contributed by atoms with E-state index in [1.807, 2.05) is 121 Å². The fraction of sp³-hybridized carbons (Fsp3) is 0.150. The molecule has 1 aromatic heterocycles. The number of pyridine rings is 1. The summed E-state index contributed by atoms with van der Waals surface area (Å²) in [5.41, 5.74) is 5.76. The Labute approximate surface area is 279 Å². The first-order chi connectivity index (χ1) is 23.5. The van der Waals surface area contributed by atoms with Crippen LogP contribution >= 0.6 is 0 Å². The number of carbonyl (C=O) groups is 1. The standard InChI is InChI=1S/C40H38N4O4/c45-35(33-19-21-36(39-34(33)20-22-37(46)43-39)48-27-29-11-4-1-5-12-29)26-41-24-23-28-13-10-18-32(25-28)42-40(47)44-38(30-14-6-2-7-15-30)31-16-8-3-9-17-31/h1-22,25,35,38,41,45H,23-24,26-27H2,(H,43,46)(H2,42,44,47)/t35-/m0/s1. The first kappa shape index (κ1) is 32.2. The highest BCUT2D eigenvalue weighted by atomic mass is 16.5. The lowest BCUT2D eigenvalue weighted by atomic mass is 9.99. The maximum Gasteiger partial charge on any atom is 0.319 e. The molecule has 0 aliphatic rings. The Morgan fingerprint density at radius 2 is 1.42 bits per heavy atom. The Morgan fingerprint density at radius 3 is 2.12 bits per heavy atom. The molecule has 242 valence electrons. The van der Waals surface area contributed by atoms with Gasteiger partial charge in [0.15, 0.2) is 0 Å². The van der Waals surface area contributed by atoms with Crippen molar-refractivity contribution in [2.75, 3.05) is 18.4 Å². The number of H-pyrrole nitrogens is 1. The number of benzene rings is 5. The number of nitrogens with one attached hydrogen (secondary N) is 4. The van der Waals surface area contributed by atoms with Crippen molar-refractivity contribution in [3.63, 3.8) is 0 Å². The van der Waals surface area contributed by atoms with Crippen LogP contribution in [-0.4, -0.2) is 29.2 Å². The molecular formula is C40H38N4O4. The Balaban J connectivity index is 1.04. The molecule has 0 aliphatic carbocycles. The van der Waals surface area contributed by atoms with Gasteiger partial charge in [0.25, 0.3) is 0 Å². The molecule has 8 nitrogen and oxygen atoms in total. The van der Waals surface area contributed by atoms with Crippen LogP contribution in [0, 0.1) is 0 Å². The summed E-state index contributed by atoms with van der Waals surface area (Å²) in [6, 6.07) is 43.5. The van der Waals surface area contributed by atoms with Crippen molar-refractivity contribution in [3.05, 3.63) is 178 Å². The van der Waals surface area contributed by atoms with Crippen LogP contribution in [0.15, 0.2) is 144 Å². The number of carbonyl (C=O) groups excluding carboxylic acids is 1. The van der Waals surface area contributed by atoms with Crippen molar-refractivity contribution in [1.29, 1.82) is 0 Å². The maximum atomic E-state index is 13.1. The van der Waals surface area contributed by atoms with E-state index in [2.05, 4.69) is 20.9 Å². The maximum absolute atomic E-state index is 13.1. The summed E-state index contributed by atoms with van der Waals surface area (Å²) in [6.07, 6.45) is -0.110. The van der Waals surface area contributed by atoms with E-state index in [1.165, 1.54) is 6.07 Å². The highest BCUT2D eigenvalue weighted by Gasteiger charge is 2.17. The zero-order valence-electron chi connectivity index (χ0n) is 26.4. The van der Waals surface area contributed by atoms with Crippen LogP contribution < -0.4 is 26.2 Å². The number of hydrogen-bond acceptors (Lipinski definition) is 5. The van der Waals surface area contributed by atoms with Gasteiger partial charge in [-0.25, -0.2) is 4.79 Å². The van der Waals surface area contributed by atoms with Crippen molar-refractivity contribution >= 4 is 22.6 Å². The first-order valence-corrected chi connectivity index (χ1v) is 16.0. The third-order valence-corrected chi connectivity index (χ3v) is 8.14. The van der Waals surface area contributed by atoms with Crippen molar-refractivity contribution < 1.29 is 14.6 Å². The van der Waals surface area contributed by atoms with E-state index in [-0.39, 0.29) is 17.6 Å². The van der Waals surface area contributed by atoms with Crippen LogP contribution in [0.25, 0.3) is 10.9 Å². The normalized spacial score (nSPS) is 11.7. The number of anilines is 1. The van der Waals surface area contributed by atoms with E-state index in [0.717, 1.165) is 27.6 Å². The summed E-state index contributed by atoms with van der Waals surface area (Å²) < 4.78 is 6.04. The second-order valence-corrected chi connectivity index (χ2v) is 11.6. The minimum atomic E-state index is -0.805. The molecule has 0 fully saturated rings. The van der Waals surface area contributed by atoms with Gasteiger partial charge in [0, 0.05) is 23.7 Å². The number of ether oxygens (including phenoxy) is 1. The molecule has 5 aromatic carbocycles. The van der Waals surface area contributed by atoms with Crippen molar-refractivity contribution in [1.82, 2.24) is 15.6 Å². The highest BCUT2D eigenvalue weighted by Crippen LogP contribution is 2.30. The van der Waals surface area contributed by atoms with Gasteiger partial charge in [0.2, 0.25) is 5.56 Å². The predicted molar refractivity (Wildman–Crippen MR) is 190 cm³/mol. The fourth-order valence-electron chi connectivity index (χ4n) is 5.73. The van der Waals surface area contributed by atoms with Gasteiger partial charge in [-0.2, -0.15) is 0 Å². The molecule has 8 heteroatoms. The molecule has 0 saturated heterocycles. The van der Waals surface area contributed by atoms with E-state index in [1.54, 1.807) is 12.1 Å². The number of urea groups is 1. The van der Waals surface area contributed by atoms with Crippen molar-refractivity contribution in [2.24, 2.45) is 0 Å². The van der Waals surface area contributed by atoms with Gasteiger partial charge < -0.3 is 30.8 Å². The molecule has 0 saturated carbocycles. The molecule has 6 aromatic rings. The highest BCUT2D eigenvalue weighted by molar-refractivity contribution is 5.90. The van der Waals surface area contributed by atoms with E-state index in [9.17, 15) is 14.7 Å². The number of rotatable bonds is 13. The van der Waals surface area contributed by atoms with Crippen LogP contribution in [0.3, 0.4) is 0 Å². The quantitative estimate of drug-likeness (QED) is 0.0885. The second kappa shape index (κ2) is 15.7. The van der Waals surface area contributed by atoms with Crippen LogP contribution in [0.5, 0.6) is 5.75 Å². The third-order valence-electron chi connectivity index (χ3n) is 8.14. The summed E-state index contributed by atoms with van der Waals surface area (Å²) in [5, 5.41) is 21.3. The van der Waals surface area contributed by atoms with Gasteiger partial charge in [-0.1, -0.05) is 109 Å². The minimum Gasteiger partial charge on any atom is -0.487 e. The second-order valence-electron chi connectivity index (χ2n) is 11.6. The number of hydrogen-bond donors (Lipinski definition) is 5. The molecule has 1 atom stereocenters. The van der Waals surface area contributed by atoms with Crippen LogP contribution in [0.1, 0.15) is 40.0 Å². The van der Waals surface area contributed by atoms with Crippen LogP contribution in [0.4, 0.5) is 10.5 Å². The number of fused-ring (bicyclic) bond motifs is 1. The monoisotopic (exact) mass is 638 g/mol. The van der Waals surface area contributed by atoms with Gasteiger partial charge in [-0.3, -0.25) is 4.79 Å². The molecule has 0 aliphatic heterocycles. The minimum absolute atomic E-state index is 0.238. The SMILES string of the molecule is O=C(Nc1cccc(CCNC[C@H](O)c2ccc(OCc3ccccc3)c3[nH]c(=O)ccc23)c1)NC(c1ccccc1)c1ccccc1. The molecule has 48 heavy (non-hydrogen) atoms. The third kappa shape index (κ3) is 8.36. The predicted octanol–water partition coefficient (Wildman–Crippen LogP) is 6.88. The molecular weight excluding hydrogens is 600 g/mol. The number of aromatic amines is 1. The fourth-order valence-corrected chi connectivity index (χ4v) is 5.73. The lowest BCUT2D eigenvalue weighted by Gasteiger charge is -2.20. The lowest BCUT2D eigenvalue weighted by molar-refractivity contribution is 0.176. The number of aliphatic hydroxyl groups excluding tert-OH is 1. The van der Waals surface area contributed by atoms with Gasteiger partial charge in [0.1, 0.15) is 12.4 Å². The van der Waals surface area contributed by atoms with E-state index in [4.69, 9.17) is 4.74 Å². The first-order valence-electron chi connectivity index (χ1n) is 16.0. The van der Waals surface area contributed by atoms with Gasteiger partial charge >= 0.3 is 6.03 Å². The summed E-state index contributed by atoms with van der Waals surface area (Å²) in [5.74, 6) is 0.549. The molecule has 0 bridgehead atoms. The van der Waals surface area contributed by atoms with Gasteiger partial charge in [-0.05, 0) is 65.0 Å². The molecule has 0 unspecified atom stereocenters. The number of aliphatic hydroxyl groups is 1. The summed E-state index contributed by atoms with van der Waals surface area (Å²) in [4.78, 5) is 28.1. The molecule has 1 heterocycles. The summed E-state index contributed by atoms with van der Waals surface area (Å²) >= 11 is 0. The summed E-state index contributed by atoms with van der Waals surface area (Å²) in [7, 11) is 0. The van der Waals surface area contributed by atoms with Crippen molar-refractivity contribution in [3.8, 4) is 5.75 Å². The van der Waals surface area contributed by atoms with Gasteiger partial charge in [0.05, 0.1) is 17.7 Å². The van der Waals surface area contributed by atoms with Gasteiger partial charge in [-0.15, -0.1) is 0 Å². The molecule has 5 N–H and O–H groups in total. The largest absolute Gasteiger partial charge is 0.487 e. The Kier molecular flexibility index (Phi) is 10.6. The zero-order chi connectivity index (χ0) is 33.1. The molecule has 0 radical (unpaired) electrons. The van der Waals surface area contributed by atoms with Crippen LogP contribution in [0.2, 0.25) is 0 Å². The summed E-state index contributed by atoms with van der Waals surface area (Å²) in [6.45, 7) is 1.29. The Hall–Kier alpha value is -5.70. The molecule has 2 amide bonds. The Bertz CT molecular complexity index is 1960. The molecule has 6 rings (SSSR count). The zero-order valence-corrected chi connectivity index (χ0v) is 26.4. The average Bonchev–Trinajstić information content (AvgIpc) is 3.12. The smallest absolute Gasteiger partial charge is 0.319 e. The van der Waals surface area contributed by atoms with Crippen LogP contribution in [-0.2, 0) is 13.0 Å². The van der Waals surface area contributed by atoms with Crippen molar-refractivity contribution in [2.45, 2.75) is 25.2 Å². The lowest BCUT2D eigenvalue weighted by Crippen LogP contribution is -2.33. The van der Waals surface area contributed by atoms with E-state index >= 15 is 0 Å². The number of aromatic nitrogens is 1. The Morgan fingerprint density at radius 1 is 0.750 bits per heavy atom.